The molecule has 5 nitrogen and oxygen atoms in total. The summed E-state index contributed by atoms with van der Waals surface area (Å²) in [7, 11) is -3.81. The molecule has 1 saturated heterocycles. The van der Waals surface area contributed by atoms with Crippen molar-refractivity contribution in [3.05, 3.63) is 57.5 Å². The summed E-state index contributed by atoms with van der Waals surface area (Å²) in [4.78, 5) is 12.8. The Hall–Kier alpha value is -1.31. The highest BCUT2D eigenvalue weighted by molar-refractivity contribution is 7.89. The van der Waals surface area contributed by atoms with Crippen molar-refractivity contribution in [3.63, 3.8) is 0 Å². The van der Waals surface area contributed by atoms with Crippen LogP contribution in [0.1, 0.15) is 12.8 Å². The Morgan fingerprint density at radius 3 is 2.38 bits per heavy atom. The van der Waals surface area contributed by atoms with E-state index in [-0.39, 0.29) is 11.4 Å². The van der Waals surface area contributed by atoms with Gasteiger partial charge in [0.1, 0.15) is 6.04 Å². The molecule has 26 heavy (non-hydrogen) atoms. The minimum absolute atomic E-state index is 0.0994. The van der Waals surface area contributed by atoms with Crippen LogP contribution in [0.3, 0.4) is 0 Å². The largest absolute Gasteiger partial charge is 0.323 e. The van der Waals surface area contributed by atoms with Crippen molar-refractivity contribution in [1.82, 2.24) is 4.31 Å². The number of amides is 1. The molecule has 9 heteroatoms. The Kier molecular flexibility index (Phi) is 5.79. The SMILES string of the molecule is O=C(Nc1cc(Cl)ccc1Cl)[C@@H]1CCCN1S(=O)(=O)c1ccc(Cl)cc1. The van der Waals surface area contributed by atoms with Gasteiger partial charge in [0.15, 0.2) is 0 Å². The van der Waals surface area contributed by atoms with Gasteiger partial charge in [-0.05, 0) is 55.3 Å². The van der Waals surface area contributed by atoms with Crippen molar-refractivity contribution in [2.75, 3.05) is 11.9 Å². The van der Waals surface area contributed by atoms with E-state index in [9.17, 15) is 13.2 Å². The molecule has 0 spiro atoms. The van der Waals surface area contributed by atoms with E-state index in [1.54, 1.807) is 12.1 Å². The van der Waals surface area contributed by atoms with Crippen LogP contribution in [0.15, 0.2) is 47.4 Å². The average Bonchev–Trinajstić information content (AvgIpc) is 3.09. The van der Waals surface area contributed by atoms with Crippen LogP contribution in [0.25, 0.3) is 0 Å². The maximum atomic E-state index is 12.9. The van der Waals surface area contributed by atoms with E-state index >= 15 is 0 Å². The molecule has 0 saturated carbocycles. The predicted molar refractivity (Wildman–Crippen MR) is 103 cm³/mol. The number of hydrogen-bond acceptors (Lipinski definition) is 3. The Balaban J connectivity index is 1.84. The molecule has 1 atom stereocenters. The van der Waals surface area contributed by atoms with E-state index in [1.807, 2.05) is 0 Å². The molecule has 1 fully saturated rings. The minimum atomic E-state index is -3.81. The molecule has 0 aromatic heterocycles. The van der Waals surface area contributed by atoms with Crippen LogP contribution >= 0.6 is 34.8 Å². The highest BCUT2D eigenvalue weighted by Gasteiger charge is 2.39. The average molecular weight is 434 g/mol. The van der Waals surface area contributed by atoms with E-state index in [2.05, 4.69) is 5.32 Å². The van der Waals surface area contributed by atoms with Crippen LogP contribution in [0.5, 0.6) is 0 Å². The Morgan fingerprint density at radius 1 is 1.04 bits per heavy atom. The first-order valence-corrected chi connectivity index (χ1v) is 10.4. The zero-order chi connectivity index (χ0) is 18.9. The van der Waals surface area contributed by atoms with E-state index in [0.717, 1.165) is 0 Å². The zero-order valence-electron chi connectivity index (χ0n) is 13.5. The van der Waals surface area contributed by atoms with Gasteiger partial charge in [-0.25, -0.2) is 8.42 Å². The Morgan fingerprint density at radius 2 is 1.69 bits per heavy atom. The fourth-order valence-electron chi connectivity index (χ4n) is 2.84. The van der Waals surface area contributed by atoms with Crippen LogP contribution in [0.2, 0.25) is 15.1 Å². The quantitative estimate of drug-likeness (QED) is 0.775. The van der Waals surface area contributed by atoms with Gasteiger partial charge in [0.25, 0.3) is 0 Å². The standard InChI is InChI=1S/C17H15Cl3N2O3S/c18-11-3-6-13(7-4-11)26(24,25)22-9-1-2-16(22)17(23)21-15-10-12(19)5-8-14(15)20/h3-8,10,16H,1-2,9H2,(H,21,23)/t16-/m0/s1. The summed E-state index contributed by atoms with van der Waals surface area (Å²) in [5.74, 6) is -0.441. The van der Waals surface area contributed by atoms with Gasteiger partial charge in [0.2, 0.25) is 15.9 Å². The summed E-state index contributed by atoms with van der Waals surface area (Å²) in [6, 6.07) is 9.75. The first-order valence-electron chi connectivity index (χ1n) is 7.82. The highest BCUT2D eigenvalue weighted by atomic mass is 35.5. The number of sulfonamides is 1. The number of carbonyl (C=O) groups is 1. The number of anilines is 1. The van der Waals surface area contributed by atoms with Crippen LogP contribution in [-0.4, -0.2) is 31.2 Å². The molecule has 2 aromatic carbocycles. The summed E-state index contributed by atoms with van der Waals surface area (Å²) in [6.07, 6.45) is 1.02. The second kappa shape index (κ2) is 7.74. The normalized spacial score (nSPS) is 18.0. The molecule has 0 aliphatic carbocycles. The number of rotatable bonds is 4. The lowest BCUT2D eigenvalue weighted by Gasteiger charge is -2.23. The third-order valence-electron chi connectivity index (χ3n) is 4.11. The van der Waals surface area contributed by atoms with Crippen LogP contribution in [0.4, 0.5) is 5.69 Å². The van der Waals surface area contributed by atoms with Crippen molar-refractivity contribution in [3.8, 4) is 0 Å². The fourth-order valence-corrected chi connectivity index (χ4v) is 4.96. The molecule has 2 aromatic rings. The summed E-state index contributed by atoms with van der Waals surface area (Å²) in [5.41, 5.74) is 0.347. The van der Waals surface area contributed by atoms with Gasteiger partial charge in [-0.2, -0.15) is 4.31 Å². The number of benzene rings is 2. The number of hydrogen-bond donors (Lipinski definition) is 1. The van der Waals surface area contributed by atoms with Crippen LogP contribution < -0.4 is 5.32 Å². The van der Waals surface area contributed by atoms with E-state index in [1.165, 1.54) is 34.6 Å². The predicted octanol–water partition coefficient (Wildman–Crippen LogP) is 4.44. The van der Waals surface area contributed by atoms with Gasteiger partial charge in [-0.1, -0.05) is 34.8 Å². The monoisotopic (exact) mass is 432 g/mol. The Labute approximate surface area is 166 Å². The fraction of sp³-hybridized carbons (Fsp3) is 0.235. The third kappa shape index (κ3) is 4.00. The summed E-state index contributed by atoms with van der Waals surface area (Å²) >= 11 is 17.8. The number of halogens is 3. The van der Waals surface area contributed by atoms with Crippen molar-refractivity contribution < 1.29 is 13.2 Å². The van der Waals surface area contributed by atoms with Gasteiger partial charge in [0.05, 0.1) is 15.6 Å². The molecule has 138 valence electrons. The lowest BCUT2D eigenvalue weighted by atomic mass is 10.2. The molecule has 1 N–H and O–H groups in total. The zero-order valence-corrected chi connectivity index (χ0v) is 16.5. The van der Waals surface area contributed by atoms with Crippen molar-refractivity contribution in [2.24, 2.45) is 0 Å². The first-order chi connectivity index (χ1) is 12.3. The molecular formula is C17H15Cl3N2O3S. The molecular weight excluding hydrogens is 419 g/mol. The van der Waals surface area contributed by atoms with Gasteiger partial charge in [-0.15, -0.1) is 0 Å². The molecule has 1 aliphatic heterocycles. The van der Waals surface area contributed by atoms with Gasteiger partial charge >= 0.3 is 0 Å². The van der Waals surface area contributed by atoms with Crippen molar-refractivity contribution in [1.29, 1.82) is 0 Å². The molecule has 1 aliphatic rings. The van der Waals surface area contributed by atoms with E-state index in [4.69, 9.17) is 34.8 Å². The molecule has 1 heterocycles. The van der Waals surface area contributed by atoms with Gasteiger partial charge < -0.3 is 5.32 Å². The number of nitrogens with one attached hydrogen (secondary N) is 1. The second-order valence-electron chi connectivity index (χ2n) is 5.84. The topological polar surface area (TPSA) is 66.5 Å². The minimum Gasteiger partial charge on any atom is -0.323 e. The first kappa shape index (κ1) is 19.5. The molecule has 3 rings (SSSR count). The molecule has 0 radical (unpaired) electrons. The smallest absolute Gasteiger partial charge is 0.243 e. The molecule has 0 unspecified atom stereocenters. The summed E-state index contributed by atoms with van der Waals surface area (Å²) < 4.78 is 27.0. The number of carbonyl (C=O) groups excluding carboxylic acids is 1. The Bertz CT molecular complexity index is 933. The van der Waals surface area contributed by atoms with Crippen LogP contribution in [-0.2, 0) is 14.8 Å². The maximum Gasteiger partial charge on any atom is 0.243 e. The lowest BCUT2D eigenvalue weighted by Crippen LogP contribution is -2.43. The lowest BCUT2D eigenvalue weighted by molar-refractivity contribution is -0.119. The third-order valence-corrected chi connectivity index (χ3v) is 6.85. The molecule has 1 amide bonds. The maximum absolute atomic E-state index is 12.9. The van der Waals surface area contributed by atoms with Gasteiger partial charge in [-0.3, -0.25) is 4.79 Å². The van der Waals surface area contributed by atoms with Crippen molar-refractivity contribution in [2.45, 2.75) is 23.8 Å². The van der Waals surface area contributed by atoms with Crippen LogP contribution in [0, 0.1) is 0 Å². The van der Waals surface area contributed by atoms with Gasteiger partial charge in [0, 0.05) is 16.6 Å². The summed E-state index contributed by atoms with van der Waals surface area (Å²) in [5, 5.41) is 3.86. The van der Waals surface area contributed by atoms with Crippen molar-refractivity contribution >= 4 is 56.4 Å². The highest BCUT2D eigenvalue weighted by Crippen LogP contribution is 2.30. The summed E-state index contributed by atoms with van der Waals surface area (Å²) in [6.45, 7) is 0.270. The van der Waals surface area contributed by atoms with E-state index < -0.39 is 22.0 Å². The second-order valence-corrected chi connectivity index (χ2v) is 9.01. The van der Waals surface area contributed by atoms with E-state index in [0.29, 0.717) is 33.6 Å². The molecule has 0 bridgehead atoms. The number of nitrogens with zero attached hydrogens (tertiary/aromatic N) is 1.